The molecule has 0 saturated heterocycles. The molecule has 0 aliphatic carbocycles. The number of anilines is 2. The molecule has 2 heterocycles. The minimum atomic E-state index is -0.711. The first-order valence-corrected chi connectivity index (χ1v) is 7.56. The smallest absolute Gasteiger partial charge is 0.376 e. The third-order valence-corrected chi connectivity index (χ3v) is 3.56. The van der Waals surface area contributed by atoms with Gasteiger partial charge in [-0.15, -0.1) is 0 Å². The van der Waals surface area contributed by atoms with E-state index in [-0.39, 0.29) is 34.9 Å². The molecular formula is C18H14FN3O3. The van der Waals surface area contributed by atoms with Gasteiger partial charge in [0.25, 0.3) is 0 Å². The Kier molecular flexibility index (Phi) is 4.35. The summed E-state index contributed by atoms with van der Waals surface area (Å²) in [5.74, 6) is -1.33. The molecule has 0 fully saturated rings. The van der Waals surface area contributed by atoms with Crippen molar-refractivity contribution in [2.45, 2.75) is 13.8 Å². The van der Waals surface area contributed by atoms with Gasteiger partial charge in [0.15, 0.2) is 5.58 Å². The Morgan fingerprint density at radius 3 is 2.92 bits per heavy atom. The van der Waals surface area contributed by atoms with E-state index in [1.165, 1.54) is 18.5 Å². The number of nitrogens with zero attached hydrogens (tertiary/aromatic N) is 2. The van der Waals surface area contributed by atoms with Crippen LogP contribution in [0.5, 0.6) is 0 Å². The number of ether oxygens (including phenoxy) is 1. The zero-order chi connectivity index (χ0) is 18.0. The van der Waals surface area contributed by atoms with Crippen LogP contribution in [0.15, 0.2) is 35.0 Å². The number of nitriles is 1. The summed E-state index contributed by atoms with van der Waals surface area (Å²) in [6, 6.07) is 6.61. The van der Waals surface area contributed by atoms with Gasteiger partial charge in [-0.05, 0) is 31.5 Å². The van der Waals surface area contributed by atoms with E-state index in [1.807, 2.05) is 6.07 Å². The lowest BCUT2D eigenvalue weighted by Gasteiger charge is -2.08. The van der Waals surface area contributed by atoms with E-state index in [9.17, 15) is 14.4 Å². The van der Waals surface area contributed by atoms with Gasteiger partial charge in [0.05, 0.1) is 17.7 Å². The zero-order valence-electron chi connectivity index (χ0n) is 13.6. The van der Waals surface area contributed by atoms with Crippen LogP contribution in [-0.4, -0.2) is 17.6 Å². The lowest BCUT2D eigenvalue weighted by atomic mass is 10.2. The van der Waals surface area contributed by atoms with Gasteiger partial charge >= 0.3 is 5.97 Å². The first-order chi connectivity index (χ1) is 12.0. The topological polar surface area (TPSA) is 88.2 Å². The molecule has 0 bridgehead atoms. The summed E-state index contributed by atoms with van der Waals surface area (Å²) in [7, 11) is 0. The molecular weight excluding hydrogens is 325 g/mol. The number of aryl methyl sites for hydroxylation is 1. The van der Waals surface area contributed by atoms with Crippen molar-refractivity contribution in [2.75, 3.05) is 11.9 Å². The Balaban J connectivity index is 2.19. The summed E-state index contributed by atoms with van der Waals surface area (Å²) in [4.78, 5) is 16.2. The molecule has 25 heavy (non-hydrogen) atoms. The number of rotatable bonds is 4. The standard InChI is InChI=1S/C18H14FN3O3/c1-3-24-18(23)17-15(22-14-5-4-10(2)6-13(14)19)12-9-21-8-11(7-20)16(12)25-17/h4-6,8-9,22H,3H2,1-2H3. The van der Waals surface area contributed by atoms with Gasteiger partial charge < -0.3 is 14.5 Å². The highest BCUT2D eigenvalue weighted by molar-refractivity contribution is 6.06. The molecule has 3 rings (SSSR count). The fraction of sp³-hybridized carbons (Fsp3) is 0.167. The molecule has 0 unspecified atom stereocenters. The van der Waals surface area contributed by atoms with Gasteiger partial charge in [0.1, 0.15) is 23.1 Å². The van der Waals surface area contributed by atoms with E-state index in [4.69, 9.17) is 9.15 Å². The second-order valence-corrected chi connectivity index (χ2v) is 5.31. The highest BCUT2D eigenvalue weighted by Crippen LogP contribution is 2.35. The Morgan fingerprint density at radius 2 is 2.24 bits per heavy atom. The van der Waals surface area contributed by atoms with Gasteiger partial charge in [-0.1, -0.05) is 6.07 Å². The molecule has 0 spiro atoms. The first kappa shape index (κ1) is 16.5. The Morgan fingerprint density at radius 1 is 1.44 bits per heavy atom. The average molecular weight is 339 g/mol. The maximum Gasteiger partial charge on any atom is 0.376 e. The number of benzene rings is 1. The summed E-state index contributed by atoms with van der Waals surface area (Å²) >= 11 is 0. The summed E-state index contributed by atoms with van der Waals surface area (Å²) in [6.07, 6.45) is 2.77. The van der Waals surface area contributed by atoms with Gasteiger partial charge in [0.2, 0.25) is 5.76 Å². The number of esters is 1. The Labute approximate surface area is 142 Å². The summed E-state index contributed by atoms with van der Waals surface area (Å²) < 4.78 is 24.7. The van der Waals surface area contributed by atoms with Crippen LogP contribution in [0.3, 0.4) is 0 Å². The molecule has 0 radical (unpaired) electrons. The number of fused-ring (bicyclic) bond motifs is 1. The van der Waals surface area contributed by atoms with Gasteiger partial charge in [-0.3, -0.25) is 4.98 Å². The summed E-state index contributed by atoms with van der Waals surface area (Å²) in [5.41, 5.74) is 1.50. The van der Waals surface area contributed by atoms with Crippen LogP contribution in [0.25, 0.3) is 11.0 Å². The highest BCUT2D eigenvalue weighted by Gasteiger charge is 2.24. The van der Waals surface area contributed by atoms with E-state index in [1.54, 1.807) is 26.0 Å². The predicted molar refractivity (Wildman–Crippen MR) is 89.1 cm³/mol. The fourth-order valence-corrected chi connectivity index (χ4v) is 2.41. The van der Waals surface area contributed by atoms with Crippen LogP contribution in [0.2, 0.25) is 0 Å². The molecule has 0 saturated carbocycles. The van der Waals surface area contributed by atoms with E-state index >= 15 is 0 Å². The fourth-order valence-electron chi connectivity index (χ4n) is 2.41. The molecule has 0 amide bonds. The quantitative estimate of drug-likeness (QED) is 0.721. The molecule has 2 aromatic heterocycles. The molecule has 0 atom stereocenters. The molecule has 126 valence electrons. The van der Waals surface area contributed by atoms with Crippen molar-refractivity contribution in [1.82, 2.24) is 4.98 Å². The van der Waals surface area contributed by atoms with Crippen molar-refractivity contribution in [1.29, 1.82) is 5.26 Å². The largest absolute Gasteiger partial charge is 0.460 e. The van der Waals surface area contributed by atoms with Gasteiger partial charge in [0, 0.05) is 12.4 Å². The van der Waals surface area contributed by atoms with Gasteiger partial charge in [-0.2, -0.15) is 5.26 Å². The minimum Gasteiger partial charge on any atom is -0.460 e. The first-order valence-electron chi connectivity index (χ1n) is 7.56. The number of hydrogen-bond donors (Lipinski definition) is 1. The number of aromatic nitrogens is 1. The normalized spacial score (nSPS) is 10.5. The number of hydrogen-bond acceptors (Lipinski definition) is 6. The number of pyridine rings is 1. The van der Waals surface area contributed by atoms with Crippen LogP contribution in [-0.2, 0) is 4.74 Å². The van der Waals surface area contributed by atoms with E-state index < -0.39 is 11.8 Å². The zero-order valence-corrected chi connectivity index (χ0v) is 13.6. The molecule has 7 heteroatoms. The number of carbonyl (C=O) groups excluding carboxylic acids is 1. The lowest BCUT2D eigenvalue weighted by Crippen LogP contribution is -2.06. The minimum absolute atomic E-state index is 0.138. The molecule has 6 nitrogen and oxygen atoms in total. The van der Waals surface area contributed by atoms with Crippen molar-refractivity contribution in [3.63, 3.8) is 0 Å². The average Bonchev–Trinajstić information content (AvgIpc) is 2.96. The van der Waals surface area contributed by atoms with Crippen molar-refractivity contribution in [3.8, 4) is 6.07 Å². The van der Waals surface area contributed by atoms with Crippen molar-refractivity contribution in [3.05, 3.63) is 53.3 Å². The predicted octanol–water partition coefficient (Wildman–Crippen LogP) is 4.07. The lowest BCUT2D eigenvalue weighted by molar-refractivity contribution is 0.0494. The monoisotopic (exact) mass is 339 g/mol. The molecule has 1 N–H and O–H groups in total. The molecule has 0 aliphatic rings. The number of furan rings is 1. The highest BCUT2D eigenvalue weighted by atomic mass is 19.1. The van der Waals surface area contributed by atoms with Crippen LogP contribution < -0.4 is 5.32 Å². The second-order valence-electron chi connectivity index (χ2n) is 5.31. The second kappa shape index (κ2) is 6.61. The van der Waals surface area contributed by atoms with Crippen molar-refractivity contribution < 1.29 is 18.3 Å². The van der Waals surface area contributed by atoms with Gasteiger partial charge in [-0.25, -0.2) is 9.18 Å². The van der Waals surface area contributed by atoms with Crippen LogP contribution in [0.4, 0.5) is 15.8 Å². The molecule has 3 aromatic rings. The number of halogens is 1. The van der Waals surface area contributed by atoms with E-state index in [0.29, 0.717) is 5.39 Å². The molecule has 1 aromatic carbocycles. The Hall–Kier alpha value is -3.40. The maximum atomic E-state index is 14.2. The van der Waals surface area contributed by atoms with Crippen LogP contribution in [0, 0.1) is 24.1 Å². The van der Waals surface area contributed by atoms with Crippen molar-refractivity contribution >= 4 is 28.3 Å². The third-order valence-electron chi connectivity index (χ3n) is 3.56. The number of nitrogens with one attached hydrogen (secondary N) is 1. The third kappa shape index (κ3) is 3.02. The summed E-state index contributed by atoms with van der Waals surface area (Å²) in [5, 5.41) is 12.4. The summed E-state index contributed by atoms with van der Waals surface area (Å²) in [6.45, 7) is 3.58. The SMILES string of the molecule is CCOC(=O)c1oc2c(C#N)cncc2c1Nc1ccc(C)cc1F. The Bertz CT molecular complexity index is 1000. The van der Waals surface area contributed by atoms with E-state index in [0.717, 1.165) is 5.56 Å². The molecule has 0 aliphatic heterocycles. The maximum absolute atomic E-state index is 14.2. The van der Waals surface area contributed by atoms with Crippen LogP contribution in [0.1, 0.15) is 28.6 Å². The van der Waals surface area contributed by atoms with Crippen molar-refractivity contribution in [2.24, 2.45) is 0 Å². The van der Waals surface area contributed by atoms with E-state index in [2.05, 4.69) is 10.3 Å². The van der Waals surface area contributed by atoms with Crippen LogP contribution >= 0.6 is 0 Å². The number of carbonyl (C=O) groups is 1.